The van der Waals surface area contributed by atoms with Crippen LogP contribution in [0.15, 0.2) is 57.7 Å². The minimum absolute atomic E-state index is 0.271. The van der Waals surface area contributed by atoms with Crippen LogP contribution >= 0.6 is 11.3 Å². The molecule has 1 aromatic heterocycles. The molecule has 0 saturated heterocycles. The van der Waals surface area contributed by atoms with E-state index in [4.69, 9.17) is 0 Å². The molecule has 0 radical (unpaired) electrons. The van der Waals surface area contributed by atoms with Gasteiger partial charge >= 0.3 is 0 Å². The second-order valence-electron chi connectivity index (χ2n) is 6.25. The number of hydrogen-bond donors (Lipinski definition) is 3. The van der Waals surface area contributed by atoms with Crippen LogP contribution in [0.2, 0.25) is 0 Å². The highest BCUT2D eigenvalue weighted by Crippen LogP contribution is 2.14. The van der Waals surface area contributed by atoms with Gasteiger partial charge in [-0.25, -0.2) is 13.1 Å². The van der Waals surface area contributed by atoms with Gasteiger partial charge in [0.1, 0.15) is 0 Å². The summed E-state index contributed by atoms with van der Waals surface area (Å²) in [6, 6.07) is 12.6. The molecule has 1 unspecified atom stereocenters. The topological polar surface area (TPSA) is 82.6 Å². The first kappa shape index (κ1) is 21.4. The molecule has 1 aromatic carbocycles. The van der Waals surface area contributed by atoms with E-state index in [1.165, 1.54) is 4.88 Å². The summed E-state index contributed by atoms with van der Waals surface area (Å²) in [4.78, 5) is 6.25. The average molecular weight is 409 g/mol. The number of aliphatic imine (C=N–C) groups is 1. The molecular formula is C19H28N4O2S2. The molecule has 0 saturated carbocycles. The fourth-order valence-corrected chi connectivity index (χ4v) is 4.40. The number of guanidine groups is 1. The molecule has 0 spiro atoms. The Bertz CT molecular complexity index is 790. The quantitative estimate of drug-likeness (QED) is 0.320. The van der Waals surface area contributed by atoms with Crippen LogP contribution in [0.25, 0.3) is 0 Å². The standard InChI is InChI=1S/C19H28N4O2S2/c1-3-20-19(22-15-16(2)14-17-8-7-13-26-17)21-11-12-23-27(24,25)18-9-5-4-6-10-18/h4-10,13,16,23H,3,11-12,14-15H2,1-2H3,(H2,20,21,22). The normalized spacial score (nSPS) is 13.3. The lowest BCUT2D eigenvalue weighted by atomic mass is 10.1. The minimum Gasteiger partial charge on any atom is -0.357 e. The number of rotatable bonds is 10. The van der Waals surface area contributed by atoms with Crippen LogP contribution in [-0.4, -0.2) is 40.6 Å². The first-order chi connectivity index (χ1) is 13.0. The molecule has 148 valence electrons. The van der Waals surface area contributed by atoms with Gasteiger partial charge in [-0.15, -0.1) is 11.3 Å². The van der Waals surface area contributed by atoms with E-state index in [-0.39, 0.29) is 11.4 Å². The summed E-state index contributed by atoms with van der Waals surface area (Å²) in [6.45, 7) is 6.39. The Kier molecular flexibility index (Phi) is 8.77. The van der Waals surface area contributed by atoms with Gasteiger partial charge in [-0.05, 0) is 42.8 Å². The second-order valence-corrected chi connectivity index (χ2v) is 9.05. The van der Waals surface area contributed by atoms with Crippen LogP contribution in [-0.2, 0) is 16.4 Å². The van der Waals surface area contributed by atoms with Gasteiger partial charge in [0, 0.05) is 31.1 Å². The number of nitrogens with one attached hydrogen (secondary N) is 3. The highest BCUT2D eigenvalue weighted by atomic mass is 32.2. The summed E-state index contributed by atoms with van der Waals surface area (Å²) in [5.74, 6) is 1.14. The summed E-state index contributed by atoms with van der Waals surface area (Å²) < 4.78 is 27.0. The Hall–Kier alpha value is -1.90. The molecule has 0 aliphatic rings. The minimum atomic E-state index is -3.47. The van der Waals surface area contributed by atoms with E-state index in [0.717, 1.165) is 13.0 Å². The summed E-state index contributed by atoms with van der Waals surface area (Å²) in [6.07, 6.45) is 1.01. The van der Waals surface area contributed by atoms with Gasteiger partial charge in [0.05, 0.1) is 4.90 Å². The first-order valence-corrected chi connectivity index (χ1v) is 11.5. The molecule has 8 heteroatoms. The van der Waals surface area contributed by atoms with Gasteiger partial charge in [0.2, 0.25) is 10.0 Å². The SMILES string of the molecule is CCNC(=NCC(C)Cc1cccs1)NCCNS(=O)(=O)c1ccccc1. The lowest BCUT2D eigenvalue weighted by Crippen LogP contribution is -2.41. The van der Waals surface area contributed by atoms with E-state index >= 15 is 0 Å². The fourth-order valence-electron chi connectivity index (χ4n) is 2.47. The largest absolute Gasteiger partial charge is 0.357 e. The summed E-state index contributed by atoms with van der Waals surface area (Å²) in [5, 5.41) is 8.45. The van der Waals surface area contributed by atoms with Crippen molar-refractivity contribution < 1.29 is 8.42 Å². The second kappa shape index (κ2) is 11.1. The molecule has 6 nitrogen and oxygen atoms in total. The van der Waals surface area contributed by atoms with Gasteiger partial charge < -0.3 is 10.6 Å². The molecule has 2 aromatic rings. The maximum Gasteiger partial charge on any atom is 0.240 e. The van der Waals surface area contributed by atoms with Crippen LogP contribution in [0.5, 0.6) is 0 Å². The predicted octanol–water partition coefficient (Wildman–Crippen LogP) is 2.46. The molecule has 0 amide bonds. The van der Waals surface area contributed by atoms with Crippen molar-refractivity contribution in [1.29, 1.82) is 0 Å². The van der Waals surface area contributed by atoms with E-state index in [2.05, 4.69) is 44.8 Å². The van der Waals surface area contributed by atoms with Gasteiger partial charge in [-0.1, -0.05) is 31.2 Å². The molecule has 3 N–H and O–H groups in total. The first-order valence-electron chi connectivity index (χ1n) is 9.10. The Labute approximate surface area is 166 Å². The molecule has 2 rings (SSSR count). The van der Waals surface area contributed by atoms with Crippen molar-refractivity contribution >= 4 is 27.3 Å². The lowest BCUT2D eigenvalue weighted by molar-refractivity contribution is 0.579. The van der Waals surface area contributed by atoms with E-state index in [1.54, 1.807) is 41.7 Å². The van der Waals surface area contributed by atoms with Gasteiger partial charge in [-0.2, -0.15) is 0 Å². The zero-order valence-corrected chi connectivity index (χ0v) is 17.4. The maximum atomic E-state index is 12.2. The van der Waals surface area contributed by atoms with Crippen LogP contribution in [0.4, 0.5) is 0 Å². The Morgan fingerprint density at radius 3 is 2.56 bits per heavy atom. The van der Waals surface area contributed by atoms with Crippen molar-refractivity contribution in [3.05, 3.63) is 52.7 Å². The highest BCUT2D eigenvalue weighted by Gasteiger charge is 2.12. The lowest BCUT2D eigenvalue weighted by Gasteiger charge is -2.13. The maximum absolute atomic E-state index is 12.2. The molecule has 0 fully saturated rings. The molecule has 27 heavy (non-hydrogen) atoms. The zero-order chi connectivity index (χ0) is 19.5. The molecular weight excluding hydrogens is 380 g/mol. The van der Waals surface area contributed by atoms with Crippen LogP contribution in [0.3, 0.4) is 0 Å². The van der Waals surface area contributed by atoms with E-state index in [0.29, 0.717) is 25.0 Å². The van der Waals surface area contributed by atoms with Crippen molar-refractivity contribution in [3.8, 4) is 0 Å². The third-order valence-electron chi connectivity index (χ3n) is 3.80. The third-order valence-corrected chi connectivity index (χ3v) is 6.17. The van der Waals surface area contributed by atoms with Crippen LogP contribution < -0.4 is 15.4 Å². The van der Waals surface area contributed by atoms with Crippen LogP contribution in [0.1, 0.15) is 18.7 Å². The Morgan fingerprint density at radius 2 is 1.89 bits per heavy atom. The van der Waals surface area contributed by atoms with Crippen molar-refractivity contribution in [1.82, 2.24) is 15.4 Å². The number of hydrogen-bond acceptors (Lipinski definition) is 4. The predicted molar refractivity (Wildman–Crippen MR) is 113 cm³/mol. The van der Waals surface area contributed by atoms with Gasteiger partial charge in [0.25, 0.3) is 0 Å². The number of benzene rings is 1. The molecule has 1 atom stereocenters. The van der Waals surface area contributed by atoms with E-state index in [9.17, 15) is 8.42 Å². The van der Waals surface area contributed by atoms with Crippen molar-refractivity contribution in [3.63, 3.8) is 0 Å². The Morgan fingerprint density at radius 1 is 1.11 bits per heavy atom. The number of thiophene rings is 1. The molecule has 0 bridgehead atoms. The molecule has 0 aliphatic heterocycles. The zero-order valence-electron chi connectivity index (χ0n) is 15.8. The third kappa shape index (κ3) is 7.70. The Balaban J connectivity index is 1.78. The van der Waals surface area contributed by atoms with Crippen molar-refractivity contribution in [2.75, 3.05) is 26.2 Å². The van der Waals surface area contributed by atoms with Crippen LogP contribution in [0, 0.1) is 5.92 Å². The number of nitrogens with zero attached hydrogens (tertiary/aromatic N) is 1. The fraction of sp³-hybridized carbons (Fsp3) is 0.421. The van der Waals surface area contributed by atoms with Crippen molar-refractivity contribution in [2.45, 2.75) is 25.2 Å². The summed E-state index contributed by atoms with van der Waals surface area (Å²) in [7, 11) is -3.47. The van der Waals surface area contributed by atoms with Crippen molar-refractivity contribution in [2.24, 2.45) is 10.9 Å². The van der Waals surface area contributed by atoms with Gasteiger partial charge in [0.15, 0.2) is 5.96 Å². The highest BCUT2D eigenvalue weighted by molar-refractivity contribution is 7.89. The number of sulfonamides is 1. The van der Waals surface area contributed by atoms with Gasteiger partial charge in [-0.3, -0.25) is 4.99 Å². The van der Waals surface area contributed by atoms with E-state index in [1.807, 2.05) is 6.92 Å². The average Bonchev–Trinajstić information content (AvgIpc) is 3.17. The van der Waals surface area contributed by atoms with E-state index < -0.39 is 10.0 Å². The molecule has 1 heterocycles. The smallest absolute Gasteiger partial charge is 0.240 e. The summed E-state index contributed by atoms with van der Waals surface area (Å²) >= 11 is 1.77. The monoisotopic (exact) mass is 408 g/mol. The molecule has 0 aliphatic carbocycles. The summed E-state index contributed by atoms with van der Waals surface area (Å²) in [5.41, 5.74) is 0.